The van der Waals surface area contributed by atoms with E-state index in [1.165, 1.54) is 0 Å². The van der Waals surface area contributed by atoms with Crippen LogP contribution in [0, 0.1) is 0 Å². The Morgan fingerprint density at radius 1 is 1.13 bits per heavy atom. The molecule has 0 bridgehead atoms. The number of methoxy groups -OCH3 is 1. The quantitative estimate of drug-likeness (QED) is 0.784. The molecule has 0 unspecified atom stereocenters. The van der Waals surface area contributed by atoms with Gasteiger partial charge < -0.3 is 14.6 Å². The van der Waals surface area contributed by atoms with Gasteiger partial charge in [0.25, 0.3) is 5.91 Å². The number of nitrogens with zero attached hydrogens (tertiary/aromatic N) is 2. The third-order valence-corrected chi connectivity index (χ3v) is 3.25. The fourth-order valence-corrected chi connectivity index (χ4v) is 2.03. The van der Waals surface area contributed by atoms with Gasteiger partial charge >= 0.3 is 0 Å². The molecule has 1 N–H and O–H groups in total. The highest BCUT2D eigenvalue weighted by Crippen LogP contribution is 2.19. The molecule has 0 aliphatic heterocycles. The van der Waals surface area contributed by atoms with Gasteiger partial charge in [0.15, 0.2) is 0 Å². The van der Waals surface area contributed by atoms with Crippen LogP contribution in [0.4, 0.5) is 0 Å². The lowest BCUT2D eigenvalue weighted by Gasteiger charge is -2.01. The molecule has 1 heterocycles. The van der Waals surface area contributed by atoms with Crippen molar-refractivity contribution in [3.63, 3.8) is 0 Å². The van der Waals surface area contributed by atoms with Crippen LogP contribution in [-0.4, -0.2) is 23.2 Å². The van der Waals surface area contributed by atoms with Crippen LogP contribution in [0.2, 0.25) is 0 Å². The van der Waals surface area contributed by atoms with E-state index in [2.05, 4.69) is 15.5 Å². The van der Waals surface area contributed by atoms with Crippen molar-refractivity contribution in [3.8, 4) is 17.1 Å². The van der Waals surface area contributed by atoms with Crippen molar-refractivity contribution in [2.45, 2.75) is 6.54 Å². The van der Waals surface area contributed by atoms with Crippen molar-refractivity contribution >= 4 is 5.91 Å². The maximum atomic E-state index is 12.0. The Morgan fingerprint density at radius 3 is 2.57 bits per heavy atom. The molecule has 2 aromatic carbocycles. The predicted molar refractivity (Wildman–Crippen MR) is 83.9 cm³/mol. The van der Waals surface area contributed by atoms with Gasteiger partial charge in [-0.1, -0.05) is 23.4 Å². The summed E-state index contributed by atoms with van der Waals surface area (Å²) in [4.78, 5) is 16.2. The minimum atomic E-state index is -0.185. The molecule has 6 heteroatoms. The summed E-state index contributed by atoms with van der Waals surface area (Å²) in [5, 5.41) is 6.66. The van der Waals surface area contributed by atoms with Crippen LogP contribution in [0.3, 0.4) is 0 Å². The Morgan fingerprint density at radius 2 is 1.87 bits per heavy atom. The van der Waals surface area contributed by atoms with E-state index in [0.29, 0.717) is 17.3 Å². The molecule has 3 rings (SSSR count). The lowest BCUT2D eigenvalue weighted by Crippen LogP contribution is -2.22. The molecule has 1 amide bonds. The third kappa shape index (κ3) is 3.55. The Balaban J connectivity index is 1.64. The summed E-state index contributed by atoms with van der Waals surface area (Å²) >= 11 is 0. The van der Waals surface area contributed by atoms with Gasteiger partial charge in [0.05, 0.1) is 13.7 Å². The van der Waals surface area contributed by atoms with Gasteiger partial charge in [-0.2, -0.15) is 4.98 Å². The van der Waals surface area contributed by atoms with Crippen LogP contribution >= 0.6 is 0 Å². The van der Waals surface area contributed by atoms with Crippen molar-refractivity contribution in [2.75, 3.05) is 7.11 Å². The summed E-state index contributed by atoms with van der Waals surface area (Å²) in [7, 11) is 1.61. The minimum absolute atomic E-state index is 0.177. The number of amides is 1. The molecule has 1 aromatic heterocycles. The second-order valence-electron chi connectivity index (χ2n) is 4.79. The van der Waals surface area contributed by atoms with Gasteiger partial charge in [0.2, 0.25) is 11.7 Å². The highest BCUT2D eigenvalue weighted by molar-refractivity contribution is 5.93. The average molecular weight is 309 g/mol. The van der Waals surface area contributed by atoms with Gasteiger partial charge in [-0.3, -0.25) is 4.79 Å². The lowest BCUT2D eigenvalue weighted by atomic mass is 10.2. The number of carbonyl (C=O) groups excluding carboxylic acids is 1. The Bertz CT molecular complexity index is 782. The zero-order valence-electron chi connectivity index (χ0n) is 12.5. The van der Waals surface area contributed by atoms with E-state index < -0.39 is 0 Å². The number of benzene rings is 2. The SMILES string of the molecule is COc1ccc(-c2noc(CNC(=O)c3ccccc3)n2)cc1. The maximum Gasteiger partial charge on any atom is 0.251 e. The first-order valence-electron chi connectivity index (χ1n) is 7.06. The fourth-order valence-electron chi connectivity index (χ4n) is 2.03. The molecule has 0 spiro atoms. The van der Waals surface area contributed by atoms with E-state index in [0.717, 1.165) is 11.3 Å². The molecule has 0 atom stereocenters. The summed E-state index contributed by atoms with van der Waals surface area (Å²) in [5.74, 6) is 1.39. The van der Waals surface area contributed by atoms with Crippen molar-refractivity contribution < 1.29 is 14.1 Å². The first-order chi connectivity index (χ1) is 11.3. The third-order valence-electron chi connectivity index (χ3n) is 3.25. The molecule has 116 valence electrons. The molecular formula is C17H15N3O3. The largest absolute Gasteiger partial charge is 0.497 e. The lowest BCUT2D eigenvalue weighted by molar-refractivity contribution is 0.0946. The van der Waals surface area contributed by atoms with Crippen molar-refractivity contribution in [1.82, 2.24) is 15.5 Å². The van der Waals surface area contributed by atoms with Gasteiger partial charge in [0, 0.05) is 11.1 Å². The number of nitrogens with one attached hydrogen (secondary N) is 1. The van der Waals surface area contributed by atoms with E-state index in [1.807, 2.05) is 42.5 Å². The topological polar surface area (TPSA) is 77.3 Å². The summed E-state index contributed by atoms with van der Waals surface area (Å²) in [5.41, 5.74) is 1.40. The van der Waals surface area contributed by atoms with Crippen LogP contribution in [0.5, 0.6) is 5.75 Å². The number of aromatic nitrogens is 2. The van der Waals surface area contributed by atoms with E-state index in [9.17, 15) is 4.79 Å². The molecule has 23 heavy (non-hydrogen) atoms. The molecule has 0 saturated heterocycles. The summed E-state index contributed by atoms with van der Waals surface area (Å²) in [6.07, 6.45) is 0. The first-order valence-corrected chi connectivity index (χ1v) is 7.06. The maximum absolute atomic E-state index is 12.0. The molecule has 3 aromatic rings. The zero-order valence-corrected chi connectivity index (χ0v) is 12.5. The van der Waals surface area contributed by atoms with E-state index in [1.54, 1.807) is 19.2 Å². The van der Waals surface area contributed by atoms with Gasteiger partial charge in [-0.25, -0.2) is 0 Å². The first kappa shape index (κ1) is 14.8. The second kappa shape index (κ2) is 6.74. The van der Waals surface area contributed by atoms with Crippen molar-refractivity contribution in [1.29, 1.82) is 0 Å². The number of carbonyl (C=O) groups is 1. The van der Waals surface area contributed by atoms with Crippen LogP contribution in [0.1, 0.15) is 16.2 Å². The number of hydrogen-bond donors (Lipinski definition) is 1. The van der Waals surface area contributed by atoms with Crippen molar-refractivity contribution in [2.24, 2.45) is 0 Å². The van der Waals surface area contributed by atoms with E-state index >= 15 is 0 Å². The average Bonchev–Trinajstić information content (AvgIpc) is 3.09. The Kier molecular flexibility index (Phi) is 4.33. The summed E-state index contributed by atoms with van der Waals surface area (Å²) in [6.45, 7) is 0.177. The highest BCUT2D eigenvalue weighted by atomic mass is 16.5. The monoisotopic (exact) mass is 309 g/mol. The molecule has 0 fully saturated rings. The van der Waals surface area contributed by atoms with Crippen LogP contribution < -0.4 is 10.1 Å². The minimum Gasteiger partial charge on any atom is -0.497 e. The van der Waals surface area contributed by atoms with Gasteiger partial charge in [-0.15, -0.1) is 0 Å². The number of hydrogen-bond acceptors (Lipinski definition) is 5. The molecule has 0 aliphatic carbocycles. The Hall–Kier alpha value is -3.15. The summed E-state index contributed by atoms with van der Waals surface area (Å²) in [6, 6.07) is 16.3. The fraction of sp³-hybridized carbons (Fsp3) is 0.118. The molecule has 0 aliphatic rings. The zero-order chi connectivity index (χ0) is 16.1. The summed E-state index contributed by atoms with van der Waals surface area (Å²) < 4.78 is 10.3. The molecule has 6 nitrogen and oxygen atoms in total. The number of ether oxygens (including phenoxy) is 1. The standard InChI is InChI=1S/C17H15N3O3/c1-22-14-9-7-12(8-10-14)16-19-15(23-20-16)11-18-17(21)13-5-3-2-4-6-13/h2-10H,11H2,1H3,(H,18,21). The smallest absolute Gasteiger partial charge is 0.251 e. The predicted octanol–water partition coefficient (Wildman–Crippen LogP) is 2.68. The van der Waals surface area contributed by atoms with Crippen LogP contribution in [0.25, 0.3) is 11.4 Å². The van der Waals surface area contributed by atoms with Gasteiger partial charge in [0.1, 0.15) is 5.75 Å². The molecule has 0 radical (unpaired) electrons. The van der Waals surface area contributed by atoms with Crippen LogP contribution in [0.15, 0.2) is 59.1 Å². The van der Waals surface area contributed by atoms with E-state index in [-0.39, 0.29) is 12.5 Å². The van der Waals surface area contributed by atoms with E-state index in [4.69, 9.17) is 9.26 Å². The van der Waals surface area contributed by atoms with Crippen LogP contribution in [-0.2, 0) is 6.54 Å². The molecular weight excluding hydrogens is 294 g/mol. The normalized spacial score (nSPS) is 10.3. The van der Waals surface area contributed by atoms with Gasteiger partial charge in [-0.05, 0) is 36.4 Å². The van der Waals surface area contributed by atoms with Crippen molar-refractivity contribution in [3.05, 3.63) is 66.1 Å². The molecule has 0 saturated carbocycles. The number of rotatable bonds is 5. The Labute approximate surface area is 133 Å². The second-order valence-corrected chi connectivity index (χ2v) is 4.79. The highest BCUT2D eigenvalue weighted by Gasteiger charge is 2.10.